The third kappa shape index (κ3) is 3.45. The molecule has 154 valence electrons. The number of nitrogens with one attached hydrogen (secondary N) is 3. The molecular formula is C21H21N5O4. The van der Waals surface area contributed by atoms with Crippen molar-refractivity contribution in [3.8, 4) is 0 Å². The summed E-state index contributed by atoms with van der Waals surface area (Å²) in [6.07, 6.45) is 0.198. The molecule has 1 aromatic heterocycles. The SMILES string of the molecule is Cn1c(=O)n(C)c2cc(NC(=O)CC[C@H]3NC(=O)c4ccccc4NC3=O)ccc21. The molecular weight excluding hydrogens is 386 g/mol. The first-order valence-corrected chi connectivity index (χ1v) is 9.51. The van der Waals surface area contributed by atoms with Gasteiger partial charge in [-0.2, -0.15) is 0 Å². The molecule has 0 aliphatic carbocycles. The van der Waals surface area contributed by atoms with Crippen LogP contribution in [0.15, 0.2) is 47.3 Å². The van der Waals surface area contributed by atoms with Crippen molar-refractivity contribution in [2.75, 3.05) is 10.6 Å². The maximum atomic E-state index is 12.4. The average Bonchev–Trinajstić information content (AvgIpc) is 2.87. The normalized spacial score (nSPS) is 15.9. The molecule has 2 heterocycles. The number of rotatable bonds is 4. The Bertz CT molecular complexity index is 1240. The molecule has 1 aliphatic heterocycles. The molecule has 1 atom stereocenters. The van der Waals surface area contributed by atoms with Crippen molar-refractivity contribution in [1.29, 1.82) is 0 Å². The standard InChI is InChI=1S/C21H21N5O4/c1-25-16-9-7-12(11-17(16)26(2)21(25)30)22-18(27)10-8-15-20(29)23-14-6-4-3-5-13(14)19(28)24-15/h3-7,9,11,15H,8,10H2,1-2H3,(H,22,27)(H,23,29)(H,24,28)/t15-/m1/s1. The second kappa shape index (κ2) is 7.51. The van der Waals surface area contributed by atoms with Gasteiger partial charge in [0, 0.05) is 26.2 Å². The molecule has 2 aromatic carbocycles. The van der Waals surface area contributed by atoms with Crippen LogP contribution < -0.4 is 21.6 Å². The number of nitrogens with zero attached hydrogens (tertiary/aromatic N) is 2. The number of para-hydroxylation sites is 1. The maximum absolute atomic E-state index is 12.4. The molecule has 0 fully saturated rings. The number of imidazole rings is 1. The lowest BCUT2D eigenvalue weighted by atomic mass is 10.1. The molecule has 3 N–H and O–H groups in total. The van der Waals surface area contributed by atoms with Crippen LogP contribution in [-0.2, 0) is 23.7 Å². The summed E-state index contributed by atoms with van der Waals surface area (Å²) in [4.78, 5) is 49.2. The van der Waals surface area contributed by atoms with Crippen LogP contribution in [0.1, 0.15) is 23.2 Å². The van der Waals surface area contributed by atoms with Crippen molar-refractivity contribution in [2.24, 2.45) is 14.1 Å². The fourth-order valence-electron chi connectivity index (χ4n) is 3.60. The molecule has 0 radical (unpaired) electrons. The Morgan fingerprint density at radius 1 is 1.03 bits per heavy atom. The van der Waals surface area contributed by atoms with Crippen LogP contribution >= 0.6 is 0 Å². The van der Waals surface area contributed by atoms with Gasteiger partial charge in [0.2, 0.25) is 11.8 Å². The molecule has 0 saturated carbocycles. The Balaban J connectivity index is 1.42. The molecule has 3 amide bonds. The molecule has 3 aromatic rings. The lowest BCUT2D eigenvalue weighted by Crippen LogP contribution is -2.41. The van der Waals surface area contributed by atoms with E-state index in [0.29, 0.717) is 22.5 Å². The molecule has 9 nitrogen and oxygen atoms in total. The third-order valence-electron chi connectivity index (χ3n) is 5.27. The maximum Gasteiger partial charge on any atom is 0.328 e. The summed E-state index contributed by atoms with van der Waals surface area (Å²) in [6.45, 7) is 0. The Labute approximate surface area is 171 Å². The minimum atomic E-state index is -0.812. The number of amides is 3. The van der Waals surface area contributed by atoms with Gasteiger partial charge in [0.1, 0.15) is 6.04 Å². The van der Waals surface area contributed by atoms with E-state index < -0.39 is 6.04 Å². The summed E-state index contributed by atoms with van der Waals surface area (Å²) in [5, 5.41) is 8.17. The van der Waals surface area contributed by atoms with Crippen LogP contribution in [0.4, 0.5) is 11.4 Å². The second-order valence-electron chi connectivity index (χ2n) is 7.25. The first-order valence-electron chi connectivity index (χ1n) is 9.51. The molecule has 0 unspecified atom stereocenters. The topological polar surface area (TPSA) is 114 Å². The van der Waals surface area contributed by atoms with E-state index in [-0.39, 0.29) is 36.3 Å². The largest absolute Gasteiger partial charge is 0.340 e. The summed E-state index contributed by atoms with van der Waals surface area (Å²) in [5.41, 5.74) is 2.71. The zero-order chi connectivity index (χ0) is 21.4. The molecule has 9 heteroatoms. The Morgan fingerprint density at radius 2 is 1.77 bits per heavy atom. The minimum Gasteiger partial charge on any atom is -0.340 e. The molecule has 4 rings (SSSR count). The van der Waals surface area contributed by atoms with Crippen molar-refractivity contribution in [1.82, 2.24) is 14.5 Å². The highest BCUT2D eigenvalue weighted by molar-refractivity contribution is 6.10. The number of carbonyl (C=O) groups excluding carboxylic acids is 3. The van der Waals surface area contributed by atoms with Crippen LogP contribution in [-0.4, -0.2) is 32.9 Å². The van der Waals surface area contributed by atoms with Crippen LogP contribution in [0, 0.1) is 0 Å². The lowest BCUT2D eigenvalue weighted by molar-refractivity contribution is -0.118. The van der Waals surface area contributed by atoms with E-state index in [1.165, 1.54) is 9.13 Å². The highest BCUT2D eigenvalue weighted by Crippen LogP contribution is 2.20. The monoisotopic (exact) mass is 407 g/mol. The molecule has 0 saturated heterocycles. The first-order chi connectivity index (χ1) is 14.3. The van der Waals surface area contributed by atoms with Gasteiger partial charge in [-0.15, -0.1) is 0 Å². The predicted octanol–water partition coefficient (Wildman–Crippen LogP) is 1.35. The zero-order valence-corrected chi connectivity index (χ0v) is 16.6. The number of fused-ring (bicyclic) bond motifs is 2. The molecule has 0 spiro atoms. The second-order valence-corrected chi connectivity index (χ2v) is 7.25. The Morgan fingerprint density at radius 3 is 2.57 bits per heavy atom. The summed E-state index contributed by atoms with van der Waals surface area (Å²) in [7, 11) is 3.36. The quantitative estimate of drug-likeness (QED) is 0.606. The zero-order valence-electron chi connectivity index (χ0n) is 16.6. The van der Waals surface area contributed by atoms with Crippen LogP contribution in [0.25, 0.3) is 11.0 Å². The summed E-state index contributed by atoms with van der Waals surface area (Å²) in [5.74, 6) is -1.01. The van der Waals surface area contributed by atoms with Crippen LogP contribution in [0.5, 0.6) is 0 Å². The highest BCUT2D eigenvalue weighted by Gasteiger charge is 2.27. The van der Waals surface area contributed by atoms with Gasteiger partial charge < -0.3 is 16.0 Å². The van der Waals surface area contributed by atoms with Crippen molar-refractivity contribution in [2.45, 2.75) is 18.9 Å². The average molecular weight is 407 g/mol. The predicted molar refractivity (Wildman–Crippen MR) is 112 cm³/mol. The van der Waals surface area contributed by atoms with Crippen LogP contribution in [0.3, 0.4) is 0 Å². The number of aryl methyl sites for hydroxylation is 2. The molecule has 0 bridgehead atoms. The van der Waals surface area contributed by atoms with Crippen molar-refractivity contribution in [3.05, 3.63) is 58.5 Å². The fraction of sp³-hybridized carbons (Fsp3) is 0.238. The van der Waals surface area contributed by atoms with Gasteiger partial charge in [0.15, 0.2) is 0 Å². The summed E-state index contributed by atoms with van der Waals surface area (Å²) >= 11 is 0. The van der Waals surface area contributed by atoms with E-state index in [1.807, 2.05) is 0 Å². The van der Waals surface area contributed by atoms with E-state index in [1.54, 1.807) is 56.6 Å². The van der Waals surface area contributed by atoms with Gasteiger partial charge in [-0.05, 0) is 36.8 Å². The van der Waals surface area contributed by atoms with Gasteiger partial charge in [-0.25, -0.2) is 4.79 Å². The van der Waals surface area contributed by atoms with Gasteiger partial charge in [0.25, 0.3) is 5.91 Å². The van der Waals surface area contributed by atoms with Gasteiger partial charge in [-0.1, -0.05) is 12.1 Å². The number of carbonyl (C=O) groups is 3. The van der Waals surface area contributed by atoms with Crippen molar-refractivity contribution in [3.63, 3.8) is 0 Å². The van der Waals surface area contributed by atoms with Crippen molar-refractivity contribution < 1.29 is 14.4 Å². The van der Waals surface area contributed by atoms with Crippen LogP contribution in [0.2, 0.25) is 0 Å². The van der Waals surface area contributed by atoms with Gasteiger partial charge in [0.05, 0.1) is 22.3 Å². The number of anilines is 2. The Hall–Kier alpha value is -3.88. The van der Waals surface area contributed by atoms with Crippen molar-refractivity contribution >= 4 is 40.1 Å². The lowest BCUT2D eigenvalue weighted by Gasteiger charge is -2.14. The van der Waals surface area contributed by atoms with E-state index >= 15 is 0 Å². The van der Waals surface area contributed by atoms with E-state index in [9.17, 15) is 19.2 Å². The number of hydrogen-bond donors (Lipinski definition) is 3. The summed E-state index contributed by atoms with van der Waals surface area (Å²) in [6, 6.07) is 11.1. The van der Waals surface area contributed by atoms with E-state index in [4.69, 9.17) is 0 Å². The van der Waals surface area contributed by atoms with E-state index in [2.05, 4.69) is 16.0 Å². The first kappa shape index (κ1) is 19.4. The van der Waals surface area contributed by atoms with E-state index in [0.717, 1.165) is 5.52 Å². The number of hydrogen-bond acceptors (Lipinski definition) is 4. The third-order valence-corrected chi connectivity index (χ3v) is 5.27. The minimum absolute atomic E-state index is 0.0421. The van der Waals surface area contributed by atoms with Gasteiger partial charge >= 0.3 is 5.69 Å². The molecule has 1 aliphatic rings. The fourth-order valence-corrected chi connectivity index (χ4v) is 3.60. The van der Waals surface area contributed by atoms with Gasteiger partial charge in [-0.3, -0.25) is 23.5 Å². The Kier molecular flexibility index (Phi) is 4.86. The highest BCUT2D eigenvalue weighted by atomic mass is 16.2. The molecule has 30 heavy (non-hydrogen) atoms. The smallest absolute Gasteiger partial charge is 0.328 e. The number of benzene rings is 2. The summed E-state index contributed by atoms with van der Waals surface area (Å²) < 4.78 is 3.04. The number of aromatic nitrogens is 2.